The van der Waals surface area contributed by atoms with Gasteiger partial charge in [0.2, 0.25) is 5.95 Å². The van der Waals surface area contributed by atoms with Crippen molar-refractivity contribution in [2.75, 3.05) is 31.1 Å². The SMILES string of the molecule is O=C(NCc1ccco1)N1CCN(c2ncn[nH]2)CC1. The van der Waals surface area contributed by atoms with E-state index in [2.05, 4.69) is 25.4 Å². The van der Waals surface area contributed by atoms with Crippen LogP contribution in [0.2, 0.25) is 0 Å². The van der Waals surface area contributed by atoms with Gasteiger partial charge in [-0.05, 0) is 12.1 Å². The molecule has 0 aromatic carbocycles. The van der Waals surface area contributed by atoms with Gasteiger partial charge in [-0.15, -0.1) is 0 Å². The summed E-state index contributed by atoms with van der Waals surface area (Å²) in [6.45, 7) is 3.20. The van der Waals surface area contributed by atoms with Crippen LogP contribution in [0.3, 0.4) is 0 Å². The Morgan fingerprint density at radius 1 is 1.40 bits per heavy atom. The molecule has 1 fully saturated rings. The first kappa shape index (κ1) is 12.5. The number of hydrogen-bond donors (Lipinski definition) is 2. The number of hydrogen-bond acceptors (Lipinski definition) is 5. The number of nitrogens with zero attached hydrogens (tertiary/aromatic N) is 4. The van der Waals surface area contributed by atoms with E-state index in [-0.39, 0.29) is 6.03 Å². The minimum absolute atomic E-state index is 0.0707. The quantitative estimate of drug-likeness (QED) is 0.848. The van der Waals surface area contributed by atoms with E-state index in [0.717, 1.165) is 24.8 Å². The van der Waals surface area contributed by atoms with Crippen molar-refractivity contribution in [2.45, 2.75) is 6.54 Å². The lowest BCUT2D eigenvalue weighted by Gasteiger charge is -2.34. The number of aromatic amines is 1. The first-order valence-electron chi connectivity index (χ1n) is 6.48. The molecular formula is C12H16N6O2. The van der Waals surface area contributed by atoms with Gasteiger partial charge < -0.3 is 19.5 Å². The first-order chi connectivity index (χ1) is 9.83. The van der Waals surface area contributed by atoms with Crippen LogP contribution in [0.4, 0.5) is 10.7 Å². The zero-order chi connectivity index (χ0) is 13.8. The van der Waals surface area contributed by atoms with Gasteiger partial charge in [0.15, 0.2) is 0 Å². The van der Waals surface area contributed by atoms with Crippen LogP contribution in [0.5, 0.6) is 0 Å². The molecule has 1 aliphatic rings. The van der Waals surface area contributed by atoms with Gasteiger partial charge >= 0.3 is 6.03 Å². The topological polar surface area (TPSA) is 90.3 Å². The lowest BCUT2D eigenvalue weighted by molar-refractivity contribution is 0.193. The van der Waals surface area contributed by atoms with E-state index >= 15 is 0 Å². The Labute approximate surface area is 115 Å². The number of rotatable bonds is 3. The van der Waals surface area contributed by atoms with Gasteiger partial charge in [-0.1, -0.05) is 0 Å². The molecule has 2 aromatic rings. The van der Waals surface area contributed by atoms with Crippen molar-refractivity contribution in [1.29, 1.82) is 0 Å². The Balaban J connectivity index is 1.46. The molecule has 1 aliphatic heterocycles. The fourth-order valence-electron chi connectivity index (χ4n) is 2.16. The standard InChI is InChI=1S/C12H16N6O2/c19-12(13-8-10-2-1-7-20-10)18-5-3-17(4-6-18)11-14-9-15-16-11/h1-2,7,9H,3-6,8H2,(H,13,19)(H,14,15,16). The molecule has 0 atom stereocenters. The molecule has 0 saturated carbocycles. The normalized spacial score (nSPS) is 15.4. The van der Waals surface area contributed by atoms with Crippen LogP contribution in [0.1, 0.15) is 5.76 Å². The van der Waals surface area contributed by atoms with E-state index in [1.807, 2.05) is 6.07 Å². The van der Waals surface area contributed by atoms with E-state index in [1.165, 1.54) is 6.33 Å². The van der Waals surface area contributed by atoms with Crippen LogP contribution in [-0.2, 0) is 6.54 Å². The third-order valence-corrected chi connectivity index (χ3v) is 3.26. The molecule has 2 N–H and O–H groups in total. The Bertz CT molecular complexity index is 530. The summed E-state index contributed by atoms with van der Waals surface area (Å²) in [6.07, 6.45) is 3.08. The van der Waals surface area contributed by atoms with Crippen molar-refractivity contribution in [3.8, 4) is 0 Å². The molecule has 8 heteroatoms. The highest BCUT2D eigenvalue weighted by Crippen LogP contribution is 2.09. The smallest absolute Gasteiger partial charge is 0.317 e. The van der Waals surface area contributed by atoms with Crippen molar-refractivity contribution in [2.24, 2.45) is 0 Å². The molecule has 2 aromatic heterocycles. The minimum atomic E-state index is -0.0707. The van der Waals surface area contributed by atoms with E-state index in [9.17, 15) is 4.79 Å². The van der Waals surface area contributed by atoms with Gasteiger partial charge in [-0.3, -0.25) is 0 Å². The molecule has 8 nitrogen and oxygen atoms in total. The Hall–Kier alpha value is -2.51. The number of H-pyrrole nitrogens is 1. The van der Waals surface area contributed by atoms with Crippen LogP contribution in [0.15, 0.2) is 29.1 Å². The molecule has 0 unspecified atom stereocenters. The number of carbonyl (C=O) groups is 1. The lowest BCUT2D eigenvalue weighted by atomic mass is 10.3. The van der Waals surface area contributed by atoms with Crippen LogP contribution in [0, 0.1) is 0 Å². The van der Waals surface area contributed by atoms with Crippen molar-refractivity contribution in [1.82, 2.24) is 25.4 Å². The van der Waals surface area contributed by atoms with Gasteiger partial charge in [-0.25, -0.2) is 9.89 Å². The second-order valence-corrected chi connectivity index (χ2v) is 4.52. The Morgan fingerprint density at radius 2 is 2.25 bits per heavy atom. The highest BCUT2D eigenvalue weighted by molar-refractivity contribution is 5.74. The number of piperazine rings is 1. The number of amides is 2. The van der Waals surface area contributed by atoms with Crippen molar-refractivity contribution < 1.29 is 9.21 Å². The third kappa shape index (κ3) is 2.73. The predicted molar refractivity (Wildman–Crippen MR) is 71.1 cm³/mol. The molecule has 3 heterocycles. The van der Waals surface area contributed by atoms with Gasteiger partial charge in [-0.2, -0.15) is 10.1 Å². The highest BCUT2D eigenvalue weighted by Gasteiger charge is 2.22. The molecule has 20 heavy (non-hydrogen) atoms. The summed E-state index contributed by atoms with van der Waals surface area (Å²) in [5.41, 5.74) is 0. The molecule has 0 aliphatic carbocycles. The number of nitrogens with one attached hydrogen (secondary N) is 2. The molecule has 0 spiro atoms. The van der Waals surface area contributed by atoms with E-state index in [4.69, 9.17) is 4.42 Å². The van der Waals surface area contributed by atoms with Crippen LogP contribution < -0.4 is 10.2 Å². The van der Waals surface area contributed by atoms with Crippen molar-refractivity contribution >= 4 is 12.0 Å². The van der Waals surface area contributed by atoms with E-state index in [0.29, 0.717) is 19.6 Å². The molecule has 1 saturated heterocycles. The second-order valence-electron chi connectivity index (χ2n) is 4.52. The van der Waals surface area contributed by atoms with Crippen LogP contribution in [0.25, 0.3) is 0 Å². The summed E-state index contributed by atoms with van der Waals surface area (Å²) in [7, 11) is 0. The average molecular weight is 276 g/mol. The number of anilines is 1. The molecule has 0 radical (unpaired) electrons. The van der Waals surface area contributed by atoms with Crippen molar-refractivity contribution in [3.63, 3.8) is 0 Å². The molecule has 3 rings (SSSR count). The minimum Gasteiger partial charge on any atom is -0.467 e. The molecular weight excluding hydrogens is 260 g/mol. The van der Waals surface area contributed by atoms with Gasteiger partial charge in [0.05, 0.1) is 12.8 Å². The summed E-state index contributed by atoms with van der Waals surface area (Å²) in [5, 5.41) is 9.50. The zero-order valence-corrected chi connectivity index (χ0v) is 11.0. The van der Waals surface area contributed by atoms with E-state index in [1.54, 1.807) is 17.2 Å². The first-order valence-corrected chi connectivity index (χ1v) is 6.48. The molecule has 0 bridgehead atoms. The zero-order valence-electron chi connectivity index (χ0n) is 11.0. The second kappa shape index (κ2) is 5.64. The maximum atomic E-state index is 12.0. The fraction of sp³-hybridized carbons (Fsp3) is 0.417. The Morgan fingerprint density at radius 3 is 2.90 bits per heavy atom. The van der Waals surface area contributed by atoms with Gasteiger partial charge in [0, 0.05) is 26.2 Å². The van der Waals surface area contributed by atoms with E-state index < -0.39 is 0 Å². The average Bonchev–Trinajstić information content (AvgIpc) is 3.18. The lowest BCUT2D eigenvalue weighted by Crippen LogP contribution is -2.52. The Kier molecular flexibility index (Phi) is 3.53. The maximum absolute atomic E-state index is 12.0. The maximum Gasteiger partial charge on any atom is 0.317 e. The van der Waals surface area contributed by atoms with Crippen LogP contribution >= 0.6 is 0 Å². The summed E-state index contributed by atoms with van der Waals surface area (Å²) in [4.78, 5) is 20.0. The number of carbonyl (C=O) groups excluding carboxylic acids is 1. The number of aromatic nitrogens is 3. The largest absolute Gasteiger partial charge is 0.467 e. The monoisotopic (exact) mass is 276 g/mol. The number of urea groups is 1. The summed E-state index contributed by atoms with van der Waals surface area (Å²) >= 11 is 0. The summed E-state index contributed by atoms with van der Waals surface area (Å²) in [6, 6.07) is 3.57. The highest BCUT2D eigenvalue weighted by atomic mass is 16.3. The third-order valence-electron chi connectivity index (χ3n) is 3.26. The molecule has 106 valence electrons. The predicted octanol–water partition coefficient (Wildman–Crippen LogP) is 0.430. The van der Waals surface area contributed by atoms with Gasteiger partial charge in [0.25, 0.3) is 0 Å². The number of furan rings is 1. The molecule has 2 amide bonds. The summed E-state index contributed by atoms with van der Waals surface area (Å²) < 4.78 is 5.18. The van der Waals surface area contributed by atoms with Gasteiger partial charge in [0.1, 0.15) is 12.1 Å². The van der Waals surface area contributed by atoms with Crippen LogP contribution in [-0.4, -0.2) is 52.3 Å². The fourth-order valence-corrected chi connectivity index (χ4v) is 2.16. The van der Waals surface area contributed by atoms with Crippen molar-refractivity contribution in [3.05, 3.63) is 30.5 Å². The summed E-state index contributed by atoms with van der Waals surface area (Å²) in [5.74, 6) is 1.50.